The number of hydrogen-bond acceptors (Lipinski definition) is 5. The second kappa shape index (κ2) is 14.2. The van der Waals surface area contributed by atoms with E-state index >= 15 is 0 Å². The van der Waals surface area contributed by atoms with Crippen LogP contribution in [0.5, 0.6) is 0 Å². The molecule has 0 saturated carbocycles. The van der Waals surface area contributed by atoms with Crippen molar-refractivity contribution in [1.29, 1.82) is 0 Å². The molecule has 0 aliphatic carbocycles. The summed E-state index contributed by atoms with van der Waals surface area (Å²) >= 11 is 1.86. The first-order valence-corrected chi connectivity index (χ1v) is 21.9. The molecule has 0 spiro atoms. The Morgan fingerprint density at radius 2 is 0.905 bits per heavy atom. The van der Waals surface area contributed by atoms with Gasteiger partial charge in [-0.1, -0.05) is 152 Å². The van der Waals surface area contributed by atoms with Crippen molar-refractivity contribution in [1.82, 2.24) is 19.5 Å². The van der Waals surface area contributed by atoms with Gasteiger partial charge in [0.2, 0.25) is 0 Å². The lowest BCUT2D eigenvalue weighted by molar-refractivity contribution is 0.669. The molecule has 4 aromatic heterocycles. The molecule has 0 unspecified atom stereocenters. The monoisotopic (exact) mass is 822 g/mol. The van der Waals surface area contributed by atoms with Crippen LogP contribution in [0.2, 0.25) is 0 Å². The van der Waals surface area contributed by atoms with Gasteiger partial charge >= 0.3 is 0 Å². The van der Waals surface area contributed by atoms with E-state index in [1.807, 2.05) is 53.8 Å². The minimum absolute atomic E-state index is 0.571. The summed E-state index contributed by atoms with van der Waals surface area (Å²) in [4.78, 5) is 15.7. The van der Waals surface area contributed by atoms with Crippen molar-refractivity contribution in [2.75, 3.05) is 0 Å². The van der Waals surface area contributed by atoms with E-state index in [0.717, 1.165) is 77.6 Å². The second-order valence-corrected chi connectivity index (χ2v) is 17.0. The molecule has 0 bridgehead atoms. The van der Waals surface area contributed by atoms with Crippen molar-refractivity contribution in [2.24, 2.45) is 0 Å². The Labute approximate surface area is 365 Å². The average molecular weight is 823 g/mol. The molecule has 294 valence electrons. The molecule has 9 aromatic carbocycles. The van der Waals surface area contributed by atoms with Crippen molar-refractivity contribution in [3.05, 3.63) is 206 Å². The highest BCUT2D eigenvalue weighted by Crippen LogP contribution is 2.47. The molecule has 4 heterocycles. The third kappa shape index (κ3) is 5.73. The fraction of sp³-hybridized carbons (Fsp3) is 0. The Morgan fingerprint density at radius 1 is 0.349 bits per heavy atom. The minimum Gasteiger partial charge on any atom is -0.456 e. The first kappa shape index (κ1) is 35.6. The van der Waals surface area contributed by atoms with E-state index in [9.17, 15) is 0 Å². The molecule has 0 amide bonds. The van der Waals surface area contributed by atoms with Crippen LogP contribution in [0, 0.1) is 0 Å². The highest BCUT2D eigenvalue weighted by Gasteiger charge is 2.25. The van der Waals surface area contributed by atoms with Crippen LogP contribution in [0.4, 0.5) is 0 Å². The largest absolute Gasteiger partial charge is 0.456 e. The van der Waals surface area contributed by atoms with E-state index in [2.05, 4.69) is 168 Å². The van der Waals surface area contributed by atoms with Gasteiger partial charge in [-0.25, -0.2) is 15.0 Å². The van der Waals surface area contributed by atoms with Crippen LogP contribution < -0.4 is 0 Å². The SMILES string of the molecule is c1ccc(-c2nc(-c3cc(-c4ccccc4)c(-n4c5ccccc5c5c6c(ccc54)sc4ccccc46)c(-c4ccccc4)c3)nc(-c3ccc4c(c3)oc3ccccc34)n2)cc1. The minimum atomic E-state index is 0.571. The van der Waals surface area contributed by atoms with Gasteiger partial charge in [0.25, 0.3) is 0 Å². The quantitative estimate of drug-likeness (QED) is 0.168. The van der Waals surface area contributed by atoms with Crippen LogP contribution in [0.25, 0.3) is 126 Å². The van der Waals surface area contributed by atoms with E-state index in [0.29, 0.717) is 17.5 Å². The topological polar surface area (TPSA) is 56.7 Å². The summed E-state index contributed by atoms with van der Waals surface area (Å²) in [7, 11) is 0. The number of para-hydroxylation sites is 2. The third-order valence-corrected chi connectivity index (χ3v) is 13.4. The Hall–Kier alpha value is -8.19. The highest BCUT2D eigenvalue weighted by molar-refractivity contribution is 7.26. The Morgan fingerprint density at radius 3 is 1.62 bits per heavy atom. The molecule has 0 aliphatic heterocycles. The van der Waals surface area contributed by atoms with Crippen molar-refractivity contribution in [2.45, 2.75) is 0 Å². The number of aromatic nitrogens is 4. The summed E-state index contributed by atoms with van der Waals surface area (Å²) in [5, 5.41) is 7.21. The van der Waals surface area contributed by atoms with Gasteiger partial charge in [-0.3, -0.25) is 0 Å². The molecular formula is C57H34N4OS. The predicted molar refractivity (Wildman–Crippen MR) is 262 cm³/mol. The van der Waals surface area contributed by atoms with Gasteiger partial charge in [0.05, 0.1) is 16.7 Å². The average Bonchev–Trinajstić information content (AvgIpc) is 4.03. The van der Waals surface area contributed by atoms with E-state index < -0.39 is 0 Å². The Kier molecular flexibility index (Phi) is 8.01. The molecule has 13 rings (SSSR count). The lowest BCUT2D eigenvalue weighted by atomic mass is 9.92. The number of furan rings is 1. The summed E-state index contributed by atoms with van der Waals surface area (Å²) in [5.41, 5.74) is 12.0. The highest BCUT2D eigenvalue weighted by atomic mass is 32.1. The van der Waals surface area contributed by atoms with Crippen LogP contribution in [0.1, 0.15) is 0 Å². The van der Waals surface area contributed by atoms with Gasteiger partial charge in [-0.2, -0.15) is 0 Å². The number of nitrogens with zero attached hydrogens (tertiary/aromatic N) is 4. The maximum absolute atomic E-state index is 6.35. The fourth-order valence-electron chi connectivity index (χ4n) is 9.41. The number of rotatable bonds is 6. The zero-order valence-electron chi connectivity index (χ0n) is 33.7. The molecule has 0 radical (unpaired) electrons. The standard InChI is InChI=1S/C57H34N4OS/c1-4-16-35(17-5-1)44-32-39(57-59-55(37-20-8-3-9-21-37)58-56(60-57)38-28-29-41-40-22-11-14-26-48(40)62-49(41)34-38)33-45(36-18-6-2-7-19-36)54(44)61-46-25-13-10-23-42(46)52-47(61)30-31-51-53(52)43-24-12-15-27-50(43)63-51/h1-34H. The molecule has 0 N–H and O–H groups in total. The molecule has 13 aromatic rings. The first-order valence-electron chi connectivity index (χ1n) is 21.1. The summed E-state index contributed by atoms with van der Waals surface area (Å²) < 4.78 is 11.4. The normalized spacial score (nSPS) is 11.8. The summed E-state index contributed by atoms with van der Waals surface area (Å²) in [6.07, 6.45) is 0. The number of fused-ring (bicyclic) bond motifs is 10. The van der Waals surface area contributed by atoms with Gasteiger partial charge in [0.15, 0.2) is 17.5 Å². The van der Waals surface area contributed by atoms with Crippen LogP contribution in [0.3, 0.4) is 0 Å². The van der Waals surface area contributed by atoms with E-state index in [4.69, 9.17) is 19.4 Å². The van der Waals surface area contributed by atoms with E-state index in [1.165, 1.54) is 30.9 Å². The van der Waals surface area contributed by atoms with Gasteiger partial charge in [0, 0.05) is 69.5 Å². The second-order valence-electron chi connectivity index (χ2n) is 15.9. The molecule has 5 nitrogen and oxygen atoms in total. The van der Waals surface area contributed by atoms with Gasteiger partial charge in [-0.15, -0.1) is 11.3 Å². The lowest BCUT2D eigenvalue weighted by Gasteiger charge is -2.21. The van der Waals surface area contributed by atoms with Crippen molar-refractivity contribution >= 4 is 75.3 Å². The smallest absolute Gasteiger partial charge is 0.164 e. The van der Waals surface area contributed by atoms with Crippen molar-refractivity contribution < 1.29 is 4.42 Å². The van der Waals surface area contributed by atoms with Gasteiger partial charge < -0.3 is 8.98 Å². The van der Waals surface area contributed by atoms with E-state index in [-0.39, 0.29) is 0 Å². The number of thiophene rings is 1. The molecule has 0 atom stereocenters. The van der Waals surface area contributed by atoms with Crippen LogP contribution >= 0.6 is 11.3 Å². The number of benzene rings is 9. The van der Waals surface area contributed by atoms with Crippen LogP contribution in [-0.4, -0.2) is 19.5 Å². The molecule has 6 heteroatoms. The molecular weight excluding hydrogens is 789 g/mol. The summed E-state index contributed by atoms with van der Waals surface area (Å²) in [6, 6.07) is 72.7. The maximum Gasteiger partial charge on any atom is 0.164 e. The Balaban J connectivity index is 1.12. The zero-order chi connectivity index (χ0) is 41.4. The number of hydrogen-bond donors (Lipinski definition) is 0. The van der Waals surface area contributed by atoms with Crippen LogP contribution in [0.15, 0.2) is 211 Å². The van der Waals surface area contributed by atoms with Crippen LogP contribution in [-0.2, 0) is 0 Å². The first-order chi connectivity index (χ1) is 31.2. The van der Waals surface area contributed by atoms with E-state index in [1.54, 1.807) is 0 Å². The molecule has 0 aliphatic rings. The third-order valence-electron chi connectivity index (χ3n) is 12.2. The maximum atomic E-state index is 6.35. The molecule has 0 fully saturated rings. The Bertz CT molecular complexity index is 3850. The molecule has 63 heavy (non-hydrogen) atoms. The summed E-state index contributed by atoms with van der Waals surface area (Å²) in [5.74, 6) is 1.75. The summed E-state index contributed by atoms with van der Waals surface area (Å²) in [6.45, 7) is 0. The fourth-order valence-corrected chi connectivity index (χ4v) is 10.5. The predicted octanol–water partition coefficient (Wildman–Crippen LogP) is 15.6. The van der Waals surface area contributed by atoms with Gasteiger partial charge in [-0.05, 0) is 65.7 Å². The van der Waals surface area contributed by atoms with Gasteiger partial charge in [0.1, 0.15) is 11.2 Å². The lowest BCUT2D eigenvalue weighted by Crippen LogP contribution is -2.04. The van der Waals surface area contributed by atoms with Crippen molar-refractivity contribution in [3.8, 4) is 62.1 Å². The van der Waals surface area contributed by atoms with Crippen molar-refractivity contribution in [3.63, 3.8) is 0 Å². The molecule has 0 saturated heterocycles. The zero-order valence-corrected chi connectivity index (χ0v) is 34.6.